The van der Waals surface area contributed by atoms with Crippen LogP contribution in [0.2, 0.25) is 0 Å². The van der Waals surface area contributed by atoms with E-state index >= 15 is 0 Å². The van der Waals surface area contributed by atoms with Gasteiger partial charge in [-0.2, -0.15) is 0 Å². The second kappa shape index (κ2) is 8.65. The average Bonchev–Trinajstić information content (AvgIpc) is 2.76. The molecule has 1 fully saturated rings. The van der Waals surface area contributed by atoms with Crippen LogP contribution in [-0.2, 0) is 11.3 Å². The maximum Gasteiger partial charge on any atom is 0.347 e. The summed E-state index contributed by atoms with van der Waals surface area (Å²) in [6.45, 7) is 2.72. The molecule has 0 aromatic carbocycles. The molecule has 1 saturated heterocycles. The number of hydrogen-bond acceptors (Lipinski definition) is 5. The van der Waals surface area contributed by atoms with Crippen molar-refractivity contribution in [3.8, 4) is 0 Å². The molecule has 22 heavy (non-hydrogen) atoms. The van der Waals surface area contributed by atoms with Crippen molar-refractivity contribution in [2.24, 2.45) is 0 Å². The van der Waals surface area contributed by atoms with Crippen LogP contribution in [-0.4, -0.2) is 57.7 Å². The van der Waals surface area contributed by atoms with Gasteiger partial charge in [0.15, 0.2) is 0 Å². The predicted molar refractivity (Wildman–Crippen MR) is 82.4 cm³/mol. The Bertz CT molecular complexity index is 524. The zero-order valence-electron chi connectivity index (χ0n) is 12.8. The second-order valence-electron chi connectivity index (χ2n) is 5.70. The van der Waals surface area contributed by atoms with Crippen molar-refractivity contribution < 1.29 is 9.90 Å². The SMILES string of the molecule is O=C(Cn1cccnc1=O)NC[C@@H](O)CN1CCCCCC1. The van der Waals surface area contributed by atoms with E-state index in [2.05, 4.69) is 15.2 Å². The summed E-state index contributed by atoms with van der Waals surface area (Å²) in [7, 11) is 0. The van der Waals surface area contributed by atoms with Crippen LogP contribution in [0.5, 0.6) is 0 Å². The Hall–Kier alpha value is -1.73. The van der Waals surface area contributed by atoms with E-state index in [1.807, 2.05) is 0 Å². The summed E-state index contributed by atoms with van der Waals surface area (Å²) < 4.78 is 1.23. The first kappa shape index (κ1) is 16.6. The van der Waals surface area contributed by atoms with Gasteiger partial charge in [-0.25, -0.2) is 9.78 Å². The molecule has 0 spiro atoms. The van der Waals surface area contributed by atoms with Gasteiger partial charge in [0.25, 0.3) is 0 Å². The van der Waals surface area contributed by atoms with Crippen molar-refractivity contribution in [2.45, 2.75) is 38.3 Å². The third-order valence-electron chi connectivity index (χ3n) is 3.80. The number of likely N-dealkylation sites (tertiary alicyclic amines) is 1. The maximum absolute atomic E-state index is 11.8. The van der Waals surface area contributed by atoms with Gasteiger partial charge in [-0.1, -0.05) is 12.8 Å². The summed E-state index contributed by atoms with van der Waals surface area (Å²) in [5.74, 6) is -0.301. The summed E-state index contributed by atoms with van der Waals surface area (Å²) in [6, 6.07) is 1.60. The monoisotopic (exact) mass is 308 g/mol. The number of nitrogens with zero attached hydrogens (tertiary/aromatic N) is 3. The standard InChI is InChI=1S/C15H24N4O3/c20-13(11-18-7-3-1-2-4-8-18)10-17-14(21)12-19-9-5-6-16-15(19)22/h5-6,9,13,20H,1-4,7-8,10-12H2,(H,17,21)/t13-/m1/s1. The molecule has 122 valence electrons. The molecule has 1 amide bonds. The van der Waals surface area contributed by atoms with E-state index in [9.17, 15) is 14.7 Å². The van der Waals surface area contributed by atoms with Crippen LogP contribution in [0.4, 0.5) is 0 Å². The first-order valence-corrected chi connectivity index (χ1v) is 7.84. The summed E-state index contributed by atoms with van der Waals surface area (Å²) in [6.07, 6.45) is 7.16. The second-order valence-corrected chi connectivity index (χ2v) is 5.70. The minimum atomic E-state index is -0.590. The minimum absolute atomic E-state index is 0.0803. The Balaban J connectivity index is 1.71. The molecule has 7 heteroatoms. The number of β-amino-alcohol motifs (C(OH)–C–C–N with tert-alkyl or cyclic N) is 1. The molecule has 7 nitrogen and oxygen atoms in total. The lowest BCUT2D eigenvalue weighted by Gasteiger charge is -2.23. The largest absolute Gasteiger partial charge is 0.390 e. The highest BCUT2D eigenvalue weighted by Gasteiger charge is 2.14. The van der Waals surface area contributed by atoms with Crippen molar-refractivity contribution in [1.29, 1.82) is 0 Å². The topological polar surface area (TPSA) is 87.5 Å². The molecule has 1 aromatic rings. The van der Waals surface area contributed by atoms with Crippen molar-refractivity contribution in [1.82, 2.24) is 19.8 Å². The van der Waals surface area contributed by atoms with Crippen LogP contribution in [0.25, 0.3) is 0 Å². The minimum Gasteiger partial charge on any atom is -0.390 e. The van der Waals surface area contributed by atoms with Gasteiger partial charge in [0.1, 0.15) is 6.54 Å². The average molecular weight is 308 g/mol. The van der Waals surface area contributed by atoms with E-state index in [0.29, 0.717) is 6.54 Å². The lowest BCUT2D eigenvalue weighted by molar-refractivity contribution is -0.122. The van der Waals surface area contributed by atoms with Crippen LogP contribution in [0, 0.1) is 0 Å². The van der Waals surface area contributed by atoms with Gasteiger partial charge >= 0.3 is 5.69 Å². The summed E-state index contributed by atoms with van der Waals surface area (Å²) in [5.41, 5.74) is -0.456. The van der Waals surface area contributed by atoms with E-state index in [1.54, 1.807) is 6.07 Å². The smallest absolute Gasteiger partial charge is 0.347 e. The van der Waals surface area contributed by atoms with Gasteiger partial charge in [0.05, 0.1) is 6.10 Å². The van der Waals surface area contributed by atoms with Crippen molar-refractivity contribution >= 4 is 5.91 Å². The van der Waals surface area contributed by atoms with Gasteiger partial charge < -0.3 is 15.3 Å². The number of aliphatic hydroxyl groups excluding tert-OH is 1. The van der Waals surface area contributed by atoms with Gasteiger partial charge in [0, 0.05) is 25.5 Å². The molecule has 1 aliphatic rings. The molecule has 2 rings (SSSR count). The van der Waals surface area contributed by atoms with E-state index in [-0.39, 0.29) is 19.0 Å². The van der Waals surface area contributed by atoms with Gasteiger partial charge in [0.2, 0.25) is 5.91 Å². The van der Waals surface area contributed by atoms with Gasteiger partial charge in [-0.15, -0.1) is 0 Å². The maximum atomic E-state index is 11.8. The molecule has 2 heterocycles. The van der Waals surface area contributed by atoms with Crippen molar-refractivity contribution in [2.75, 3.05) is 26.2 Å². The molecule has 1 aliphatic heterocycles. The summed E-state index contributed by atoms with van der Waals surface area (Å²) in [4.78, 5) is 29.0. The van der Waals surface area contributed by atoms with Crippen LogP contribution in [0.1, 0.15) is 25.7 Å². The lowest BCUT2D eigenvalue weighted by Crippen LogP contribution is -2.42. The highest BCUT2D eigenvalue weighted by Crippen LogP contribution is 2.09. The Morgan fingerprint density at radius 3 is 2.73 bits per heavy atom. The fourth-order valence-electron chi connectivity index (χ4n) is 2.63. The number of carbonyl (C=O) groups is 1. The number of nitrogens with one attached hydrogen (secondary N) is 1. The third kappa shape index (κ3) is 5.57. The highest BCUT2D eigenvalue weighted by atomic mass is 16.3. The Morgan fingerprint density at radius 1 is 1.32 bits per heavy atom. The van der Waals surface area contributed by atoms with E-state index in [4.69, 9.17) is 0 Å². The molecule has 1 atom stereocenters. The van der Waals surface area contributed by atoms with Crippen LogP contribution < -0.4 is 11.0 Å². The van der Waals surface area contributed by atoms with E-state index in [0.717, 1.165) is 13.1 Å². The normalized spacial score (nSPS) is 17.7. The fraction of sp³-hybridized carbons (Fsp3) is 0.667. The lowest BCUT2D eigenvalue weighted by atomic mass is 10.2. The number of rotatable bonds is 6. The zero-order chi connectivity index (χ0) is 15.8. The molecule has 0 aliphatic carbocycles. The van der Waals surface area contributed by atoms with Crippen LogP contribution in [0.3, 0.4) is 0 Å². The van der Waals surface area contributed by atoms with E-state index < -0.39 is 11.8 Å². The van der Waals surface area contributed by atoms with Crippen molar-refractivity contribution in [3.63, 3.8) is 0 Å². The molecule has 0 saturated carbocycles. The molecule has 1 aromatic heterocycles. The zero-order valence-corrected chi connectivity index (χ0v) is 12.8. The molecule has 0 unspecified atom stereocenters. The molecule has 2 N–H and O–H groups in total. The van der Waals surface area contributed by atoms with E-state index in [1.165, 1.54) is 42.6 Å². The number of aliphatic hydroxyl groups is 1. The third-order valence-corrected chi connectivity index (χ3v) is 3.80. The highest BCUT2D eigenvalue weighted by molar-refractivity contribution is 5.75. The summed E-state index contributed by atoms with van der Waals surface area (Å²) >= 11 is 0. The first-order valence-electron chi connectivity index (χ1n) is 7.84. The predicted octanol–water partition coefficient (Wildman–Crippen LogP) is -0.404. The fourth-order valence-corrected chi connectivity index (χ4v) is 2.63. The van der Waals surface area contributed by atoms with Crippen molar-refractivity contribution in [3.05, 3.63) is 28.9 Å². The van der Waals surface area contributed by atoms with Crippen LogP contribution >= 0.6 is 0 Å². The number of carbonyl (C=O) groups excluding carboxylic acids is 1. The first-order chi connectivity index (χ1) is 10.6. The number of hydrogen-bond donors (Lipinski definition) is 2. The Kier molecular flexibility index (Phi) is 6.54. The Morgan fingerprint density at radius 2 is 2.05 bits per heavy atom. The van der Waals surface area contributed by atoms with Crippen LogP contribution in [0.15, 0.2) is 23.3 Å². The summed E-state index contributed by atoms with van der Waals surface area (Å²) in [5, 5.41) is 12.7. The Labute approximate surface area is 130 Å². The van der Waals surface area contributed by atoms with Gasteiger partial charge in [-0.05, 0) is 32.0 Å². The number of aromatic nitrogens is 2. The molecular formula is C15H24N4O3. The quantitative estimate of drug-likeness (QED) is 0.746. The molecule has 0 bridgehead atoms. The molecular weight excluding hydrogens is 284 g/mol. The number of amides is 1. The molecule has 0 radical (unpaired) electrons. The van der Waals surface area contributed by atoms with Gasteiger partial charge in [-0.3, -0.25) is 9.36 Å².